The Hall–Kier alpha value is -1.97. The van der Waals surface area contributed by atoms with Gasteiger partial charge in [0.25, 0.3) is 5.91 Å². The van der Waals surface area contributed by atoms with Gasteiger partial charge in [0.1, 0.15) is 5.82 Å². The number of carbonyl (C=O) groups is 2. The summed E-state index contributed by atoms with van der Waals surface area (Å²) in [4.78, 5) is 24.1. The summed E-state index contributed by atoms with van der Waals surface area (Å²) in [5.41, 5.74) is 2.06. The van der Waals surface area contributed by atoms with Crippen LogP contribution in [0, 0.1) is 23.1 Å². The molecule has 1 fully saturated rings. The third-order valence-corrected chi connectivity index (χ3v) is 4.86. The summed E-state index contributed by atoms with van der Waals surface area (Å²) in [6.07, 6.45) is 0.736. The molecule has 1 aromatic rings. The van der Waals surface area contributed by atoms with Gasteiger partial charge in [0.05, 0.1) is 0 Å². The molecule has 1 saturated carbocycles. The molecule has 1 N–H and O–H groups in total. The van der Waals surface area contributed by atoms with Gasteiger partial charge in [0, 0.05) is 16.8 Å². The highest BCUT2D eigenvalue weighted by Gasteiger charge is 2.64. The van der Waals surface area contributed by atoms with Gasteiger partial charge in [-0.1, -0.05) is 13.8 Å². The molecule has 1 amide bonds. The molecule has 0 radical (unpaired) electrons. The summed E-state index contributed by atoms with van der Waals surface area (Å²) in [6.45, 7) is 5.86. The molecule has 2 atom stereocenters. The van der Waals surface area contributed by atoms with Gasteiger partial charge in [-0.2, -0.15) is 0 Å². The molecule has 1 aromatic carbocycles. The van der Waals surface area contributed by atoms with E-state index in [0.29, 0.717) is 11.5 Å². The Morgan fingerprint density at radius 3 is 2.43 bits per heavy atom. The number of fused-ring (bicyclic) bond motifs is 1. The van der Waals surface area contributed by atoms with Crippen LogP contribution in [0.1, 0.15) is 37.6 Å². The maximum absolute atomic E-state index is 12.9. The molecule has 0 spiro atoms. The highest BCUT2D eigenvalue weighted by Crippen LogP contribution is 2.68. The monoisotopic (exact) mass is 287 g/mol. The molecule has 0 heterocycles. The van der Waals surface area contributed by atoms with Crippen molar-refractivity contribution < 1.29 is 14.0 Å². The van der Waals surface area contributed by atoms with E-state index in [9.17, 15) is 14.0 Å². The van der Waals surface area contributed by atoms with Crippen molar-refractivity contribution in [3.8, 4) is 0 Å². The van der Waals surface area contributed by atoms with E-state index in [1.54, 1.807) is 6.92 Å². The second-order valence-electron chi connectivity index (χ2n) is 6.52. The quantitative estimate of drug-likeness (QED) is 0.928. The Morgan fingerprint density at radius 1 is 1.24 bits per heavy atom. The SMILES string of the molecule is CC(=O)C1=C(NC(=O)c2ccc(F)cc2)C[C@H]2[C@H]1C2(C)C. The lowest BCUT2D eigenvalue weighted by Gasteiger charge is -2.15. The van der Waals surface area contributed by atoms with E-state index in [-0.39, 0.29) is 28.8 Å². The van der Waals surface area contributed by atoms with Crippen LogP contribution < -0.4 is 5.32 Å². The molecular formula is C17H18FNO2. The van der Waals surface area contributed by atoms with E-state index in [4.69, 9.17) is 0 Å². The highest BCUT2D eigenvalue weighted by atomic mass is 19.1. The number of Topliss-reactive ketones (excluding diaryl/α,β-unsaturated/α-hetero) is 1. The Bertz CT molecular complexity index is 658. The lowest BCUT2D eigenvalue weighted by molar-refractivity contribution is -0.114. The van der Waals surface area contributed by atoms with Crippen LogP contribution in [0.3, 0.4) is 0 Å². The van der Waals surface area contributed by atoms with Gasteiger partial charge in [0.2, 0.25) is 0 Å². The Labute approximate surface area is 123 Å². The predicted molar refractivity (Wildman–Crippen MR) is 77.0 cm³/mol. The molecule has 21 heavy (non-hydrogen) atoms. The average molecular weight is 287 g/mol. The zero-order valence-electron chi connectivity index (χ0n) is 12.4. The predicted octanol–water partition coefficient (Wildman–Crippen LogP) is 3.07. The summed E-state index contributed by atoms with van der Waals surface area (Å²) in [5.74, 6) is 0.0721. The fourth-order valence-electron chi connectivity index (χ4n) is 3.58. The minimum Gasteiger partial charge on any atom is -0.325 e. The van der Waals surface area contributed by atoms with Gasteiger partial charge >= 0.3 is 0 Å². The second kappa shape index (κ2) is 4.52. The number of benzene rings is 1. The third-order valence-electron chi connectivity index (χ3n) is 4.86. The van der Waals surface area contributed by atoms with Crippen molar-refractivity contribution in [2.75, 3.05) is 0 Å². The molecule has 0 saturated heterocycles. The van der Waals surface area contributed by atoms with Crippen molar-refractivity contribution in [3.05, 3.63) is 46.9 Å². The molecule has 0 aliphatic heterocycles. The first-order chi connectivity index (χ1) is 9.82. The number of hydrogen-bond donors (Lipinski definition) is 1. The minimum atomic E-state index is -0.376. The van der Waals surface area contributed by atoms with Gasteiger partial charge in [-0.25, -0.2) is 4.39 Å². The van der Waals surface area contributed by atoms with E-state index in [2.05, 4.69) is 19.2 Å². The molecular weight excluding hydrogens is 269 g/mol. The van der Waals surface area contributed by atoms with Crippen LogP contribution in [0.4, 0.5) is 4.39 Å². The van der Waals surface area contributed by atoms with Crippen LogP contribution in [0.25, 0.3) is 0 Å². The average Bonchev–Trinajstić information content (AvgIpc) is 2.78. The molecule has 0 aromatic heterocycles. The number of rotatable bonds is 3. The highest BCUT2D eigenvalue weighted by molar-refractivity contribution is 6.00. The summed E-state index contributed by atoms with van der Waals surface area (Å²) in [7, 11) is 0. The van der Waals surface area contributed by atoms with Crippen LogP contribution in [0.2, 0.25) is 0 Å². The molecule has 3 rings (SSSR count). The van der Waals surface area contributed by atoms with Gasteiger partial charge in [-0.15, -0.1) is 0 Å². The Balaban J connectivity index is 1.82. The lowest BCUT2D eigenvalue weighted by atomic mass is 9.96. The van der Waals surface area contributed by atoms with Crippen LogP contribution in [0.15, 0.2) is 35.5 Å². The molecule has 0 unspecified atom stereocenters. The molecule has 110 valence electrons. The first-order valence-electron chi connectivity index (χ1n) is 7.13. The van der Waals surface area contributed by atoms with E-state index >= 15 is 0 Å². The van der Waals surface area contributed by atoms with E-state index in [1.165, 1.54) is 24.3 Å². The smallest absolute Gasteiger partial charge is 0.255 e. The lowest BCUT2D eigenvalue weighted by Crippen LogP contribution is -2.25. The normalized spacial score (nSPS) is 25.5. The molecule has 2 aliphatic rings. The maximum atomic E-state index is 12.9. The largest absolute Gasteiger partial charge is 0.325 e. The van der Waals surface area contributed by atoms with Crippen molar-refractivity contribution in [1.29, 1.82) is 0 Å². The summed E-state index contributed by atoms with van der Waals surface area (Å²) >= 11 is 0. The Morgan fingerprint density at radius 2 is 1.86 bits per heavy atom. The van der Waals surface area contributed by atoms with Gasteiger partial charge in [-0.05, 0) is 54.9 Å². The number of hydrogen-bond acceptors (Lipinski definition) is 2. The van der Waals surface area contributed by atoms with Crippen LogP contribution in [0.5, 0.6) is 0 Å². The van der Waals surface area contributed by atoms with Crippen LogP contribution in [-0.2, 0) is 4.79 Å². The molecule has 0 bridgehead atoms. The van der Waals surface area contributed by atoms with E-state index in [0.717, 1.165) is 17.7 Å². The number of ketones is 1. The first-order valence-corrected chi connectivity index (χ1v) is 7.13. The second-order valence-corrected chi connectivity index (χ2v) is 6.52. The van der Waals surface area contributed by atoms with Gasteiger partial charge in [0.15, 0.2) is 5.78 Å². The minimum absolute atomic E-state index is 0.0301. The number of amides is 1. The van der Waals surface area contributed by atoms with E-state index < -0.39 is 0 Å². The topological polar surface area (TPSA) is 46.2 Å². The van der Waals surface area contributed by atoms with Crippen molar-refractivity contribution in [3.63, 3.8) is 0 Å². The van der Waals surface area contributed by atoms with Gasteiger partial charge < -0.3 is 5.32 Å². The standard InChI is InChI=1S/C17H18FNO2/c1-9(20)14-13(8-12-15(14)17(12,2)3)19-16(21)10-4-6-11(18)7-5-10/h4-7,12,15H,8H2,1-3H3,(H,19,21)/t12-,15+/m0/s1. The van der Waals surface area contributed by atoms with Gasteiger partial charge in [-0.3, -0.25) is 9.59 Å². The summed E-state index contributed by atoms with van der Waals surface area (Å²) < 4.78 is 12.9. The van der Waals surface area contributed by atoms with Crippen molar-refractivity contribution >= 4 is 11.7 Å². The number of nitrogens with one attached hydrogen (secondary N) is 1. The number of carbonyl (C=O) groups excluding carboxylic acids is 2. The van der Waals surface area contributed by atoms with E-state index in [1.807, 2.05) is 0 Å². The number of allylic oxidation sites excluding steroid dienone is 2. The zero-order valence-corrected chi connectivity index (χ0v) is 12.4. The van der Waals surface area contributed by atoms with Crippen LogP contribution in [-0.4, -0.2) is 11.7 Å². The first kappa shape index (κ1) is 14.0. The third kappa shape index (κ3) is 2.19. The number of halogens is 1. The van der Waals surface area contributed by atoms with Crippen molar-refractivity contribution in [2.24, 2.45) is 17.3 Å². The molecule has 3 nitrogen and oxygen atoms in total. The summed E-state index contributed by atoms with van der Waals surface area (Å²) in [6, 6.07) is 5.39. The molecule has 2 aliphatic carbocycles. The van der Waals surface area contributed by atoms with Crippen molar-refractivity contribution in [1.82, 2.24) is 5.32 Å². The zero-order chi connectivity index (χ0) is 15.4. The Kier molecular flexibility index (Phi) is 3.01. The summed E-state index contributed by atoms with van der Waals surface area (Å²) in [5, 5.41) is 2.84. The van der Waals surface area contributed by atoms with Crippen molar-refractivity contribution in [2.45, 2.75) is 27.2 Å². The maximum Gasteiger partial charge on any atom is 0.255 e. The fourth-order valence-corrected chi connectivity index (χ4v) is 3.58. The van der Waals surface area contributed by atoms with Crippen LogP contribution >= 0.6 is 0 Å². The fraction of sp³-hybridized carbons (Fsp3) is 0.412. The molecule has 4 heteroatoms.